The predicted octanol–water partition coefficient (Wildman–Crippen LogP) is 0.334. The minimum atomic E-state index is -0.974. The molecule has 0 aliphatic carbocycles. The molecule has 0 atom stereocenters. The van der Waals surface area contributed by atoms with Crippen LogP contribution >= 0.6 is 0 Å². The molecular formula is C11H10NO2. The summed E-state index contributed by atoms with van der Waals surface area (Å²) in [6, 6.07) is 4.00. The molecule has 0 saturated carbocycles. The molecule has 1 radical (unpaired) electrons. The van der Waals surface area contributed by atoms with Gasteiger partial charge in [-0.05, 0) is 36.3 Å². The van der Waals surface area contributed by atoms with Gasteiger partial charge in [0.2, 0.25) is 6.04 Å². The molecule has 0 amide bonds. The number of carbonyl (C=O) groups is 1. The molecule has 1 N–H and O–H groups in total. The van der Waals surface area contributed by atoms with E-state index in [4.69, 9.17) is 5.11 Å². The molecule has 1 aliphatic heterocycles. The number of carboxylic acids is 1. The van der Waals surface area contributed by atoms with Gasteiger partial charge in [0.25, 0.3) is 0 Å². The van der Waals surface area contributed by atoms with Crippen LogP contribution < -0.4 is 10.6 Å². The van der Waals surface area contributed by atoms with Crippen molar-refractivity contribution in [2.24, 2.45) is 4.99 Å². The number of nitrogens with zero attached hydrogens (tertiary/aromatic N) is 1. The van der Waals surface area contributed by atoms with Crippen LogP contribution in [0, 0.1) is 19.9 Å². The summed E-state index contributed by atoms with van der Waals surface area (Å²) in [5.74, 6) is -0.974. The molecule has 0 unspecified atom stereocenters. The maximum Gasteiger partial charge on any atom is 0.339 e. The van der Waals surface area contributed by atoms with Gasteiger partial charge in [0, 0.05) is 0 Å². The maximum atomic E-state index is 10.7. The van der Waals surface area contributed by atoms with Crippen LogP contribution in [0.1, 0.15) is 11.1 Å². The van der Waals surface area contributed by atoms with E-state index in [0.29, 0.717) is 0 Å². The van der Waals surface area contributed by atoms with Gasteiger partial charge in [-0.3, -0.25) is 4.99 Å². The van der Waals surface area contributed by atoms with Gasteiger partial charge >= 0.3 is 5.97 Å². The first-order chi connectivity index (χ1) is 6.59. The van der Waals surface area contributed by atoms with Gasteiger partial charge in [-0.25, -0.2) is 4.79 Å². The number of aliphatic carboxylic acids is 1. The van der Waals surface area contributed by atoms with E-state index in [2.05, 4.69) is 4.99 Å². The quantitative estimate of drug-likeness (QED) is 0.690. The average molecular weight is 188 g/mol. The number of rotatable bonds is 1. The zero-order valence-corrected chi connectivity index (χ0v) is 8.03. The molecule has 1 aromatic rings. The van der Waals surface area contributed by atoms with Gasteiger partial charge in [-0.2, -0.15) is 0 Å². The Morgan fingerprint density at radius 2 is 2.07 bits per heavy atom. The van der Waals surface area contributed by atoms with Crippen molar-refractivity contribution < 1.29 is 9.90 Å². The first kappa shape index (κ1) is 8.94. The molecule has 0 spiro atoms. The highest BCUT2D eigenvalue weighted by Gasteiger charge is 2.18. The summed E-state index contributed by atoms with van der Waals surface area (Å²) in [4.78, 5) is 14.8. The zero-order chi connectivity index (χ0) is 10.3. The van der Waals surface area contributed by atoms with E-state index in [1.807, 2.05) is 26.0 Å². The van der Waals surface area contributed by atoms with Crippen LogP contribution in [0.2, 0.25) is 0 Å². The lowest BCUT2D eigenvalue weighted by Gasteiger charge is -1.97. The first-order valence-electron chi connectivity index (χ1n) is 4.36. The van der Waals surface area contributed by atoms with Crippen molar-refractivity contribution in [3.05, 3.63) is 39.9 Å². The van der Waals surface area contributed by atoms with Gasteiger partial charge in [-0.15, -0.1) is 0 Å². The Morgan fingerprint density at radius 1 is 1.36 bits per heavy atom. The van der Waals surface area contributed by atoms with Crippen molar-refractivity contribution >= 4 is 12.0 Å². The summed E-state index contributed by atoms with van der Waals surface area (Å²) in [5.41, 5.74) is 2.18. The van der Waals surface area contributed by atoms with Crippen LogP contribution in [0.4, 0.5) is 0 Å². The van der Waals surface area contributed by atoms with Crippen LogP contribution in [-0.2, 0) is 4.79 Å². The number of fused-ring (bicyclic) bond motifs is 1. The summed E-state index contributed by atoms with van der Waals surface area (Å²) in [6.07, 6.45) is 1.60. The third kappa shape index (κ3) is 1.21. The molecular weight excluding hydrogens is 178 g/mol. The van der Waals surface area contributed by atoms with E-state index in [-0.39, 0.29) is 6.04 Å². The van der Waals surface area contributed by atoms with Crippen LogP contribution in [0.3, 0.4) is 0 Å². The second-order valence-corrected chi connectivity index (χ2v) is 3.39. The number of aryl methyl sites for hydroxylation is 1. The number of benzene rings is 1. The van der Waals surface area contributed by atoms with Crippen molar-refractivity contribution in [1.29, 1.82) is 0 Å². The molecule has 1 aliphatic rings. The molecule has 71 valence electrons. The molecule has 3 nitrogen and oxygen atoms in total. The highest BCUT2D eigenvalue weighted by Crippen LogP contribution is 2.08. The second kappa shape index (κ2) is 2.94. The summed E-state index contributed by atoms with van der Waals surface area (Å²) in [6.45, 7) is 3.94. The maximum absolute atomic E-state index is 10.7. The second-order valence-electron chi connectivity index (χ2n) is 3.39. The minimum absolute atomic E-state index is 0.119. The standard InChI is InChI=1S/C11H10NO2/c1-6-3-4-8-5-9(11(13)14)12-10(8)7(6)2/h3-5H,1-2H3,(H,13,14). The average Bonchev–Trinajstić information content (AvgIpc) is 2.56. The number of hydrogen-bond donors (Lipinski definition) is 1. The van der Waals surface area contributed by atoms with Crippen LogP contribution in [-0.4, -0.2) is 11.1 Å². The Balaban J connectivity index is 2.70. The minimum Gasteiger partial charge on any atom is -0.479 e. The van der Waals surface area contributed by atoms with E-state index in [9.17, 15) is 4.79 Å². The Bertz CT molecular complexity index is 517. The van der Waals surface area contributed by atoms with Crippen molar-refractivity contribution in [3.8, 4) is 0 Å². The fourth-order valence-corrected chi connectivity index (χ4v) is 1.50. The van der Waals surface area contributed by atoms with E-state index < -0.39 is 5.97 Å². The van der Waals surface area contributed by atoms with Crippen LogP contribution in [0.25, 0.3) is 6.08 Å². The van der Waals surface area contributed by atoms with Gasteiger partial charge < -0.3 is 5.11 Å². The molecule has 0 saturated heterocycles. The fraction of sp³-hybridized carbons (Fsp3) is 0.182. The van der Waals surface area contributed by atoms with E-state index >= 15 is 0 Å². The molecule has 1 aromatic carbocycles. The van der Waals surface area contributed by atoms with Crippen molar-refractivity contribution in [1.82, 2.24) is 0 Å². The summed E-state index contributed by atoms with van der Waals surface area (Å²) < 4.78 is 0. The van der Waals surface area contributed by atoms with E-state index in [1.165, 1.54) is 0 Å². The molecule has 2 rings (SSSR count). The Morgan fingerprint density at radius 3 is 2.71 bits per heavy atom. The lowest BCUT2D eigenvalue weighted by atomic mass is 10.1. The van der Waals surface area contributed by atoms with Crippen molar-refractivity contribution in [2.45, 2.75) is 13.8 Å². The summed E-state index contributed by atoms with van der Waals surface area (Å²) >= 11 is 0. The normalized spacial score (nSPS) is 14.4. The zero-order valence-electron chi connectivity index (χ0n) is 8.03. The molecule has 14 heavy (non-hydrogen) atoms. The molecule has 3 heteroatoms. The van der Waals surface area contributed by atoms with Gasteiger partial charge in [0.05, 0.1) is 5.36 Å². The third-order valence-electron chi connectivity index (χ3n) is 2.48. The Labute approximate surface area is 81.4 Å². The molecule has 0 bridgehead atoms. The number of carboxylic acid groups (broad SMARTS) is 1. The fourth-order valence-electron chi connectivity index (χ4n) is 1.50. The first-order valence-corrected chi connectivity index (χ1v) is 4.36. The lowest BCUT2D eigenvalue weighted by molar-refractivity contribution is -0.134. The third-order valence-corrected chi connectivity index (χ3v) is 2.48. The number of hydrogen-bond acceptors (Lipinski definition) is 2. The molecule has 0 fully saturated rings. The van der Waals surface area contributed by atoms with E-state index in [1.54, 1.807) is 6.08 Å². The van der Waals surface area contributed by atoms with Crippen LogP contribution in [0.15, 0.2) is 17.1 Å². The molecule has 1 heterocycles. The summed E-state index contributed by atoms with van der Waals surface area (Å²) in [5, 5.41) is 10.5. The Hall–Kier alpha value is -1.64. The monoisotopic (exact) mass is 188 g/mol. The highest BCUT2D eigenvalue weighted by atomic mass is 16.4. The largest absolute Gasteiger partial charge is 0.479 e. The van der Waals surface area contributed by atoms with Gasteiger partial charge in [0.1, 0.15) is 0 Å². The predicted molar refractivity (Wildman–Crippen MR) is 52.0 cm³/mol. The van der Waals surface area contributed by atoms with Gasteiger partial charge in [0.15, 0.2) is 0 Å². The highest BCUT2D eigenvalue weighted by molar-refractivity contribution is 5.92. The van der Waals surface area contributed by atoms with E-state index in [0.717, 1.165) is 21.7 Å². The molecule has 0 aromatic heterocycles. The van der Waals surface area contributed by atoms with Crippen LogP contribution in [0.5, 0.6) is 0 Å². The van der Waals surface area contributed by atoms with Gasteiger partial charge in [-0.1, -0.05) is 12.1 Å². The van der Waals surface area contributed by atoms with Crippen molar-refractivity contribution in [2.75, 3.05) is 0 Å². The van der Waals surface area contributed by atoms with Crippen molar-refractivity contribution in [3.63, 3.8) is 0 Å². The Kier molecular flexibility index (Phi) is 1.88. The lowest BCUT2D eigenvalue weighted by Crippen LogP contribution is -2.24. The SMILES string of the molecule is Cc1ccc2c(c1C)=N[C](C(=O)O)C=2. The topological polar surface area (TPSA) is 49.7 Å². The summed E-state index contributed by atoms with van der Waals surface area (Å²) in [7, 11) is 0. The smallest absolute Gasteiger partial charge is 0.339 e.